The van der Waals surface area contributed by atoms with E-state index in [0.717, 1.165) is 43.5 Å². The minimum absolute atomic E-state index is 0.217. The number of aromatic nitrogens is 1. The molecule has 5 nitrogen and oxygen atoms in total. The Kier molecular flexibility index (Phi) is 3.78. The van der Waals surface area contributed by atoms with E-state index < -0.39 is 0 Å². The number of hydrogen-bond donors (Lipinski definition) is 0. The molecule has 136 valence electrons. The minimum atomic E-state index is 0.217. The molecular weight excluding hydrogens is 326 g/mol. The first kappa shape index (κ1) is 15.9. The van der Waals surface area contributed by atoms with Crippen molar-refractivity contribution in [3.63, 3.8) is 0 Å². The lowest BCUT2D eigenvalue weighted by Crippen LogP contribution is -2.51. The first-order valence-corrected chi connectivity index (χ1v) is 9.56. The van der Waals surface area contributed by atoms with Gasteiger partial charge in [-0.25, -0.2) is 0 Å². The summed E-state index contributed by atoms with van der Waals surface area (Å²) in [6.45, 7) is 3.79. The van der Waals surface area contributed by atoms with Crippen LogP contribution in [-0.2, 0) is 6.54 Å². The largest absolute Gasteiger partial charge is 0.497 e. The number of fused-ring (bicyclic) bond motifs is 3. The van der Waals surface area contributed by atoms with E-state index in [1.165, 1.54) is 18.4 Å². The highest BCUT2D eigenvalue weighted by Gasteiger charge is 2.46. The molecule has 0 N–H and O–H groups in total. The lowest BCUT2D eigenvalue weighted by atomic mass is 10.1. The Morgan fingerprint density at radius 3 is 2.58 bits per heavy atom. The molecule has 2 aromatic rings. The third kappa shape index (κ3) is 2.71. The molecule has 3 heterocycles. The van der Waals surface area contributed by atoms with Crippen molar-refractivity contribution < 1.29 is 9.53 Å². The summed E-state index contributed by atoms with van der Waals surface area (Å²) in [5, 5.41) is 0. The number of benzene rings is 1. The van der Waals surface area contributed by atoms with E-state index in [4.69, 9.17) is 4.74 Å². The quantitative estimate of drug-likeness (QED) is 0.831. The molecule has 1 aliphatic carbocycles. The monoisotopic (exact) mass is 351 g/mol. The van der Waals surface area contributed by atoms with Gasteiger partial charge in [-0.2, -0.15) is 0 Å². The van der Waals surface area contributed by atoms with Crippen LogP contribution in [0.4, 0.5) is 0 Å². The molecule has 0 unspecified atom stereocenters. The molecule has 2 fully saturated rings. The number of amides is 1. The number of carbonyl (C=O) groups is 1. The fourth-order valence-corrected chi connectivity index (χ4v) is 4.50. The molecule has 5 heteroatoms. The smallest absolute Gasteiger partial charge is 0.270 e. The lowest BCUT2D eigenvalue weighted by molar-refractivity contribution is 0.0565. The molecule has 26 heavy (non-hydrogen) atoms. The van der Waals surface area contributed by atoms with Crippen LogP contribution in [0.1, 0.15) is 34.9 Å². The second-order valence-corrected chi connectivity index (χ2v) is 7.88. The van der Waals surface area contributed by atoms with E-state index in [9.17, 15) is 4.79 Å². The van der Waals surface area contributed by atoms with Crippen molar-refractivity contribution in [1.82, 2.24) is 14.4 Å². The summed E-state index contributed by atoms with van der Waals surface area (Å²) in [6, 6.07) is 13.0. The maximum Gasteiger partial charge on any atom is 0.270 e. The van der Waals surface area contributed by atoms with Gasteiger partial charge >= 0.3 is 0 Å². The van der Waals surface area contributed by atoms with Crippen LogP contribution in [-0.4, -0.2) is 53.1 Å². The van der Waals surface area contributed by atoms with E-state index in [1.54, 1.807) is 7.11 Å². The SMILES string of the molecule is COc1ccc(CN2C[C@@H]3[C@@H](C2)n2cccc2C(=O)N3CC2CC2)cc1. The van der Waals surface area contributed by atoms with Gasteiger partial charge in [0.25, 0.3) is 5.91 Å². The highest BCUT2D eigenvalue weighted by Crippen LogP contribution is 2.38. The molecule has 1 aromatic carbocycles. The number of hydrogen-bond acceptors (Lipinski definition) is 3. The Labute approximate surface area is 154 Å². The Balaban J connectivity index is 1.37. The number of methoxy groups -OCH3 is 1. The van der Waals surface area contributed by atoms with Crippen molar-refractivity contribution in [2.45, 2.75) is 31.5 Å². The maximum atomic E-state index is 13.0. The van der Waals surface area contributed by atoms with Gasteiger partial charge in [0.05, 0.1) is 19.2 Å². The zero-order chi connectivity index (χ0) is 17.7. The topological polar surface area (TPSA) is 37.7 Å². The number of ether oxygens (including phenoxy) is 1. The second kappa shape index (κ2) is 6.16. The Bertz CT molecular complexity index is 809. The summed E-state index contributed by atoms with van der Waals surface area (Å²) < 4.78 is 7.47. The zero-order valence-corrected chi connectivity index (χ0v) is 15.2. The number of rotatable bonds is 5. The summed E-state index contributed by atoms with van der Waals surface area (Å²) in [4.78, 5) is 17.6. The van der Waals surface area contributed by atoms with Crippen molar-refractivity contribution in [3.8, 4) is 5.75 Å². The second-order valence-electron chi connectivity index (χ2n) is 7.88. The number of nitrogens with zero attached hydrogens (tertiary/aromatic N) is 3. The van der Waals surface area contributed by atoms with Crippen LogP contribution in [0.2, 0.25) is 0 Å². The fraction of sp³-hybridized carbons (Fsp3) is 0.476. The number of likely N-dealkylation sites (tertiary alicyclic amines) is 1. The summed E-state index contributed by atoms with van der Waals surface area (Å²) >= 11 is 0. The van der Waals surface area contributed by atoms with E-state index >= 15 is 0 Å². The van der Waals surface area contributed by atoms with Gasteiger partial charge in [0, 0.05) is 32.4 Å². The van der Waals surface area contributed by atoms with Gasteiger partial charge in [-0.15, -0.1) is 0 Å². The molecule has 5 rings (SSSR count). The maximum absolute atomic E-state index is 13.0. The van der Waals surface area contributed by atoms with E-state index in [0.29, 0.717) is 12.1 Å². The summed E-state index contributed by atoms with van der Waals surface area (Å²) in [6.07, 6.45) is 4.63. The van der Waals surface area contributed by atoms with Crippen LogP contribution in [0.3, 0.4) is 0 Å². The van der Waals surface area contributed by atoms with Gasteiger partial charge in [0.1, 0.15) is 11.4 Å². The Morgan fingerprint density at radius 2 is 1.85 bits per heavy atom. The summed E-state index contributed by atoms with van der Waals surface area (Å²) in [5.74, 6) is 1.83. The normalized spacial score (nSPS) is 25.3. The predicted molar refractivity (Wildman–Crippen MR) is 99.3 cm³/mol. The van der Waals surface area contributed by atoms with Crippen LogP contribution < -0.4 is 4.74 Å². The third-order valence-corrected chi connectivity index (χ3v) is 6.07. The van der Waals surface area contributed by atoms with Crippen molar-refractivity contribution in [2.24, 2.45) is 5.92 Å². The van der Waals surface area contributed by atoms with Gasteiger partial charge in [0.2, 0.25) is 0 Å². The van der Waals surface area contributed by atoms with Crippen LogP contribution in [0.5, 0.6) is 5.75 Å². The summed E-state index contributed by atoms with van der Waals surface area (Å²) in [7, 11) is 1.69. The number of carbonyl (C=O) groups excluding carboxylic acids is 1. The highest BCUT2D eigenvalue weighted by molar-refractivity contribution is 5.94. The van der Waals surface area contributed by atoms with Gasteiger partial charge in [-0.3, -0.25) is 9.69 Å². The molecule has 2 aliphatic heterocycles. The van der Waals surface area contributed by atoms with Crippen LogP contribution in [0.25, 0.3) is 0 Å². The molecule has 2 atom stereocenters. The minimum Gasteiger partial charge on any atom is -0.497 e. The van der Waals surface area contributed by atoms with Crippen LogP contribution >= 0.6 is 0 Å². The van der Waals surface area contributed by atoms with Crippen molar-refractivity contribution in [3.05, 3.63) is 53.9 Å². The summed E-state index contributed by atoms with van der Waals surface area (Å²) in [5.41, 5.74) is 2.15. The molecule has 1 saturated heterocycles. The molecule has 1 amide bonds. The first-order valence-electron chi connectivity index (χ1n) is 9.56. The van der Waals surface area contributed by atoms with Gasteiger partial charge in [-0.05, 0) is 48.6 Å². The first-order chi connectivity index (χ1) is 12.7. The molecule has 0 radical (unpaired) electrons. The van der Waals surface area contributed by atoms with Crippen molar-refractivity contribution in [2.75, 3.05) is 26.7 Å². The molecule has 1 aromatic heterocycles. The van der Waals surface area contributed by atoms with Gasteiger partial charge < -0.3 is 14.2 Å². The van der Waals surface area contributed by atoms with Crippen molar-refractivity contribution in [1.29, 1.82) is 0 Å². The average Bonchev–Trinajstić information content (AvgIpc) is 3.17. The van der Waals surface area contributed by atoms with Gasteiger partial charge in [0.15, 0.2) is 0 Å². The Morgan fingerprint density at radius 1 is 1.08 bits per heavy atom. The molecule has 0 spiro atoms. The lowest BCUT2D eigenvalue weighted by Gasteiger charge is -2.38. The molecule has 1 saturated carbocycles. The fourth-order valence-electron chi connectivity index (χ4n) is 4.50. The van der Waals surface area contributed by atoms with E-state index in [-0.39, 0.29) is 5.91 Å². The predicted octanol–water partition coefficient (Wildman–Crippen LogP) is 2.79. The third-order valence-electron chi connectivity index (χ3n) is 6.07. The Hall–Kier alpha value is -2.27. The van der Waals surface area contributed by atoms with Crippen molar-refractivity contribution >= 4 is 5.91 Å². The highest BCUT2D eigenvalue weighted by atomic mass is 16.5. The van der Waals surface area contributed by atoms with E-state index in [1.807, 2.05) is 24.3 Å². The van der Waals surface area contributed by atoms with E-state index in [2.05, 4.69) is 32.7 Å². The molecule has 3 aliphatic rings. The molecule has 0 bridgehead atoms. The van der Waals surface area contributed by atoms with Crippen LogP contribution in [0.15, 0.2) is 42.6 Å². The van der Waals surface area contributed by atoms with Crippen LogP contribution in [0, 0.1) is 5.92 Å². The van der Waals surface area contributed by atoms with Gasteiger partial charge in [-0.1, -0.05) is 12.1 Å². The average molecular weight is 351 g/mol. The zero-order valence-electron chi connectivity index (χ0n) is 15.2. The molecular formula is C21H25N3O2. The standard InChI is InChI=1S/C21H25N3O2/c1-26-17-8-6-15(7-9-17)11-22-13-19-20(14-22)24(12-16-4-5-16)21(25)18-3-2-10-23(18)19/h2-3,6-10,16,19-20H,4-5,11-14H2,1H3/t19-,20-/m1/s1.